The maximum absolute atomic E-state index is 12.9. The van der Waals surface area contributed by atoms with Gasteiger partial charge in [-0.1, -0.05) is 24.3 Å². The lowest BCUT2D eigenvalue weighted by Crippen LogP contribution is -2.50. The maximum Gasteiger partial charge on any atom is 0.323 e. The topological polar surface area (TPSA) is 116 Å². The van der Waals surface area contributed by atoms with Crippen molar-refractivity contribution in [2.75, 3.05) is 30.3 Å². The van der Waals surface area contributed by atoms with Crippen molar-refractivity contribution in [3.63, 3.8) is 0 Å². The number of amides is 3. The number of nitrogens with one attached hydrogen (secondary N) is 2. The van der Waals surface area contributed by atoms with Crippen molar-refractivity contribution < 1.29 is 14.3 Å². The summed E-state index contributed by atoms with van der Waals surface area (Å²) >= 11 is 0. The molecule has 182 valence electrons. The zero-order valence-electron chi connectivity index (χ0n) is 19.5. The molecule has 3 amide bonds. The number of hydrogen-bond acceptors (Lipinski definition) is 5. The molecule has 9 heteroatoms. The second-order valence-corrected chi connectivity index (χ2v) is 9.05. The highest BCUT2D eigenvalue weighted by molar-refractivity contribution is 6.00. The number of para-hydroxylation sites is 1. The zero-order valence-corrected chi connectivity index (χ0v) is 19.5. The Hall–Kier alpha value is -4.58. The number of urea groups is 1. The minimum absolute atomic E-state index is 0.0552. The molecule has 0 saturated carbocycles. The van der Waals surface area contributed by atoms with Gasteiger partial charge in [-0.2, -0.15) is 5.26 Å². The summed E-state index contributed by atoms with van der Waals surface area (Å²) in [4.78, 5) is 40.1. The van der Waals surface area contributed by atoms with Crippen molar-refractivity contribution in [1.29, 1.82) is 5.26 Å². The van der Waals surface area contributed by atoms with Gasteiger partial charge >= 0.3 is 6.03 Å². The smallest absolute Gasteiger partial charge is 0.323 e. The van der Waals surface area contributed by atoms with Crippen LogP contribution < -0.4 is 20.9 Å². The number of carbonyl (C=O) groups is 2. The van der Waals surface area contributed by atoms with Crippen LogP contribution in [0.2, 0.25) is 0 Å². The first-order valence-electron chi connectivity index (χ1n) is 11.8. The Morgan fingerprint density at radius 3 is 2.64 bits per heavy atom. The maximum atomic E-state index is 12.9. The van der Waals surface area contributed by atoms with Crippen LogP contribution in [0.3, 0.4) is 0 Å². The summed E-state index contributed by atoms with van der Waals surface area (Å²) in [6.07, 6.45) is 0.827. The minimum Gasteiger partial charge on any atom is -0.484 e. The molecule has 3 heterocycles. The predicted molar refractivity (Wildman–Crippen MR) is 134 cm³/mol. The number of aromatic nitrogens is 1. The standard InChI is InChI=1S/C27H25N5O4/c28-13-18-5-4-6-21(12-18)29-27(35)30-23-9-10-24(33)32-15-19-11-20(26(23)32)16-31(14-19)25(34)17-36-22-7-2-1-3-8-22/h1-10,12,19-20H,11,14-17H2,(H2,29,30,35). The number of anilines is 2. The van der Waals surface area contributed by atoms with Crippen molar-refractivity contribution in [3.8, 4) is 11.8 Å². The van der Waals surface area contributed by atoms with Crippen LogP contribution in [-0.4, -0.2) is 41.1 Å². The summed E-state index contributed by atoms with van der Waals surface area (Å²) in [7, 11) is 0. The lowest BCUT2D eigenvalue weighted by molar-refractivity contribution is -0.136. The van der Waals surface area contributed by atoms with Gasteiger partial charge in [-0.05, 0) is 48.7 Å². The number of pyridine rings is 1. The first kappa shape index (κ1) is 23.2. The van der Waals surface area contributed by atoms with Gasteiger partial charge in [-0.3, -0.25) is 9.59 Å². The Morgan fingerprint density at radius 2 is 1.83 bits per heavy atom. The lowest BCUT2D eigenvalue weighted by Gasteiger charge is -2.43. The fraction of sp³-hybridized carbons (Fsp3) is 0.259. The summed E-state index contributed by atoms with van der Waals surface area (Å²) in [6, 6.07) is 20.4. The molecule has 1 aromatic heterocycles. The Kier molecular flexibility index (Phi) is 6.41. The molecule has 1 fully saturated rings. The summed E-state index contributed by atoms with van der Waals surface area (Å²) in [6.45, 7) is 1.43. The van der Waals surface area contributed by atoms with Gasteiger partial charge in [-0.25, -0.2) is 4.79 Å². The molecule has 3 aromatic rings. The van der Waals surface area contributed by atoms with Gasteiger partial charge < -0.3 is 24.8 Å². The lowest BCUT2D eigenvalue weighted by atomic mass is 9.82. The second kappa shape index (κ2) is 9.96. The van der Waals surface area contributed by atoms with Crippen LogP contribution in [0.25, 0.3) is 0 Å². The van der Waals surface area contributed by atoms with Crippen molar-refractivity contribution >= 4 is 23.3 Å². The molecule has 0 spiro atoms. The Labute approximate surface area is 207 Å². The van der Waals surface area contributed by atoms with E-state index in [1.165, 1.54) is 6.07 Å². The van der Waals surface area contributed by atoms with E-state index in [4.69, 9.17) is 10.00 Å². The van der Waals surface area contributed by atoms with Crippen molar-refractivity contribution in [3.05, 3.63) is 88.3 Å². The number of ether oxygens (including phenoxy) is 1. The quantitative estimate of drug-likeness (QED) is 0.577. The van der Waals surface area contributed by atoms with E-state index >= 15 is 0 Å². The molecule has 2 atom stereocenters. The number of carbonyl (C=O) groups excluding carboxylic acids is 2. The van der Waals surface area contributed by atoms with E-state index in [1.807, 2.05) is 24.3 Å². The van der Waals surface area contributed by atoms with Gasteiger partial charge in [0.15, 0.2) is 6.61 Å². The number of nitriles is 1. The third kappa shape index (κ3) is 4.93. The molecule has 5 rings (SSSR count). The summed E-state index contributed by atoms with van der Waals surface area (Å²) in [5.41, 5.74) is 2.05. The minimum atomic E-state index is -0.478. The fourth-order valence-corrected chi connectivity index (χ4v) is 5.03. The Bertz CT molecular complexity index is 1400. The van der Waals surface area contributed by atoms with Gasteiger partial charge in [0.1, 0.15) is 5.75 Å². The molecule has 2 unspecified atom stereocenters. The van der Waals surface area contributed by atoms with Crippen molar-refractivity contribution in [1.82, 2.24) is 9.47 Å². The van der Waals surface area contributed by atoms with E-state index in [9.17, 15) is 14.4 Å². The highest BCUT2D eigenvalue weighted by Gasteiger charge is 2.38. The number of benzene rings is 2. The number of hydrogen-bond donors (Lipinski definition) is 2. The first-order valence-corrected chi connectivity index (χ1v) is 11.8. The van der Waals surface area contributed by atoms with Gasteiger partial charge in [-0.15, -0.1) is 0 Å². The molecule has 0 aliphatic carbocycles. The van der Waals surface area contributed by atoms with Crippen LogP contribution >= 0.6 is 0 Å². The second-order valence-electron chi connectivity index (χ2n) is 9.05. The van der Waals surface area contributed by atoms with E-state index in [0.29, 0.717) is 42.3 Å². The predicted octanol–water partition coefficient (Wildman–Crippen LogP) is 3.39. The average molecular weight is 484 g/mol. The monoisotopic (exact) mass is 483 g/mol. The normalized spacial score (nSPS) is 17.9. The van der Waals surface area contributed by atoms with Gasteiger partial charge in [0.25, 0.3) is 11.5 Å². The molecule has 2 aliphatic rings. The van der Waals surface area contributed by atoms with Crippen LogP contribution in [0.4, 0.5) is 16.2 Å². The van der Waals surface area contributed by atoms with Gasteiger partial charge in [0.2, 0.25) is 0 Å². The number of rotatable bonds is 5. The fourth-order valence-electron chi connectivity index (χ4n) is 5.03. The largest absolute Gasteiger partial charge is 0.484 e. The third-order valence-electron chi connectivity index (χ3n) is 6.55. The zero-order chi connectivity index (χ0) is 25.1. The number of nitrogens with zero attached hydrogens (tertiary/aromatic N) is 3. The van der Waals surface area contributed by atoms with Gasteiger partial charge in [0, 0.05) is 43.0 Å². The van der Waals surface area contributed by atoms with Crippen LogP contribution in [0.5, 0.6) is 5.75 Å². The molecule has 2 aromatic carbocycles. The molecule has 2 N–H and O–H groups in total. The number of likely N-dealkylation sites (tertiary alicyclic amines) is 1. The van der Waals surface area contributed by atoms with Crippen LogP contribution in [0, 0.1) is 17.2 Å². The summed E-state index contributed by atoms with van der Waals surface area (Å²) < 4.78 is 7.36. The molecule has 0 radical (unpaired) electrons. The molecule has 2 aliphatic heterocycles. The van der Waals surface area contributed by atoms with E-state index in [-0.39, 0.29) is 29.9 Å². The molecular weight excluding hydrogens is 458 g/mol. The SMILES string of the molecule is N#Cc1cccc(NC(=O)Nc2ccc(=O)n3c2C2CC(CN(C(=O)COc4ccccc4)C2)C3)c1. The molecule has 1 saturated heterocycles. The van der Waals surface area contributed by atoms with E-state index in [2.05, 4.69) is 10.6 Å². The molecule has 9 nitrogen and oxygen atoms in total. The van der Waals surface area contributed by atoms with Crippen LogP contribution in [0.1, 0.15) is 23.6 Å². The van der Waals surface area contributed by atoms with Crippen molar-refractivity contribution in [2.45, 2.75) is 18.9 Å². The van der Waals surface area contributed by atoms with Crippen LogP contribution in [-0.2, 0) is 11.3 Å². The first-order chi connectivity index (χ1) is 17.5. The highest BCUT2D eigenvalue weighted by Crippen LogP contribution is 2.38. The third-order valence-corrected chi connectivity index (χ3v) is 6.55. The van der Waals surface area contributed by atoms with Crippen LogP contribution in [0.15, 0.2) is 71.5 Å². The Morgan fingerprint density at radius 1 is 1.00 bits per heavy atom. The van der Waals surface area contributed by atoms with E-state index in [0.717, 1.165) is 12.1 Å². The van der Waals surface area contributed by atoms with Gasteiger partial charge in [0.05, 0.1) is 17.3 Å². The summed E-state index contributed by atoms with van der Waals surface area (Å²) in [5.74, 6) is 0.583. The highest BCUT2D eigenvalue weighted by atomic mass is 16.5. The van der Waals surface area contributed by atoms with E-state index in [1.54, 1.807) is 51.9 Å². The number of fused-ring (bicyclic) bond motifs is 4. The van der Waals surface area contributed by atoms with Crippen molar-refractivity contribution in [2.24, 2.45) is 5.92 Å². The molecular formula is C27H25N5O4. The molecule has 36 heavy (non-hydrogen) atoms. The molecule has 2 bridgehead atoms. The summed E-state index contributed by atoms with van der Waals surface area (Å²) in [5, 5.41) is 14.7. The van der Waals surface area contributed by atoms with E-state index < -0.39 is 6.03 Å². The Balaban J connectivity index is 1.32. The number of piperidine rings is 1. The average Bonchev–Trinajstić information content (AvgIpc) is 2.89.